The SMILES string of the molecule is CNCCCNC(=O)CCCNC(C)C. The third kappa shape index (κ3) is 11.3. The van der Waals surface area contributed by atoms with Crippen LogP contribution in [0.15, 0.2) is 0 Å². The van der Waals surface area contributed by atoms with Crippen LogP contribution >= 0.6 is 0 Å². The largest absolute Gasteiger partial charge is 0.356 e. The molecule has 0 bridgehead atoms. The third-order valence-corrected chi connectivity index (χ3v) is 2.06. The molecule has 15 heavy (non-hydrogen) atoms. The number of carbonyl (C=O) groups is 1. The Morgan fingerprint density at radius 3 is 2.47 bits per heavy atom. The van der Waals surface area contributed by atoms with Crippen LogP contribution < -0.4 is 16.0 Å². The lowest BCUT2D eigenvalue weighted by atomic mass is 10.2. The molecule has 1 amide bonds. The van der Waals surface area contributed by atoms with E-state index in [1.54, 1.807) is 0 Å². The van der Waals surface area contributed by atoms with Gasteiger partial charge in [0, 0.05) is 19.0 Å². The molecule has 0 heterocycles. The monoisotopic (exact) mass is 215 g/mol. The first-order chi connectivity index (χ1) is 7.16. The highest BCUT2D eigenvalue weighted by Crippen LogP contribution is 1.88. The molecule has 4 nitrogen and oxygen atoms in total. The summed E-state index contributed by atoms with van der Waals surface area (Å²) in [5.74, 6) is 0.164. The highest BCUT2D eigenvalue weighted by Gasteiger charge is 2.00. The summed E-state index contributed by atoms with van der Waals surface area (Å²) in [5, 5.41) is 9.23. The topological polar surface area (TPSA) is 53.2 Å². The van der Waals surface area contributed by atoms with Crippen molar-refractivity contribution in [2.75, 3.05) is 26.7 Å². The molecule has 0 aromatic heterocycles. The Morgan fingerprint density at radius 1 is 1.13 bits per heavy atom. The highest BCUT2D eigenvalue weighted by molar-refractivity contribution is 5.75. The lowest BCUT2D eigenvalue weighted by Crippen LogP contribution is -2.28. The molecule has 0 aliphatic carbocycles. The van der Waals surface area contributed by atoms with Crippen LogP contribution in [0.4, 0.5) is 0 Å². The lowest BCUT2D eigenvalue weighted by molar-refractivity contribution is -0.121. The molecule has 0 unspecified atom stereocenters. The molecule has 0 rings (SSSR count). The van der Waals surface area contributed by atoms with E-state index in [1.165, 1.54) is 0 Å². The zero-order chi connectivity index (χ0) is 11.5. The molecule has 90 valence electrons. The van der Waals surface area contributed by atoms with Gasteiger partial charge in [-0.25, -0.2) is 0 Å². The number of rotatable bonds is 9. The van der Waals surface area contributed by atoms with E-state index in [4.69, 9.17) is 0 Å². The minimum atomic E-state index is 0.164. The summed E-state index contributed by atoms with van der Waals surface area (Å²) in [4.78, 5) is 11.3. The maximum atomic E-state index is 11.3. The number of amides is 1. The van der Waals surface area contributed by atoms with Gasteiger partial charge in [0.2, 0.25) is 5.91 Å². The van der Waals surface area contributed by atoms with Crippen molar-refractivity contribution < 1.29 is 4.79 Å². The van der Waals surface area contributed by atoms with Crippen molar-refractivity contribution in [2.24, 2.45) is 0 Å². The van der Waals surface area contributed by atoms with E-state index in [2.05, 4.69) is 29.8 Å². The molecule has 0 atom stereocenters. The van der Waals surface area contributed by atoms with E-state index < -0.39 is 0 Å². The maximum absolute atomic E-state index is 11.3. The van der Waals surface area contributed by atoms with Crippen LogP contribution in [-0.4, -0.2) is 38.6 Å². The number of hydrogen-bond donors (Lipinski definition) is 3. The summed E-state index contributed by atoms with van der Waals surface area (Å²) in [5.41, 5.74) is 0. The Hall–Kier alpha value is -0.610. The Bertz CT molecular complexity index is 160. The van der Waals surface area contributed by atoms with Gasteiger partial charge in [0.1, 0.15) is 0 Å². The van der Waals surface area contributed by atoms with Gasteiger partial charge in [-0.05, 0) is 33.0 Å². The van der Waals surface area contributed by atoms with Crippen LogP contribution in [0.1, 0.15) is 33.1 Å². The summed E-state index contributed by atoms with van der Waals surface area (Å²) in [6.45, 7) is 6.86. The Kier molecular flexibility index (Phi) is 9.52. The van der Waals surface area contributed by atoms with Crippen molar-refractivity contribution >= 4 is 5.91 Å². The fourth-order valence-corrected chi connectivity index (χ4v) is 1.22. The number of hydrogen-bond acceptors (Lipinski definition) is 3. The lowest BCUT2D eigenvalue weighted by Gasteiger charge is -2.08. The fraction of sp³-hybridized carbons (Fsp3) is 0.909. The van der Waals surface area contributed by atoms with Crippen molar-refractivity contribution in [3.8, 4) is 0 Å². The molecule has 0 spiro atoms. The van der Waals surface area contributed by atoms with Crippen LogP contribution in [-0.2, 0) is 4.79 Å². The summed E-state index contributed by atoms with van der Waals surface area (Å²) in [6, 6.07) is 0.503. The molecule has 0 radical (unpaired) electrons. The third-order valence-electron chi connectivity index (χ3n) is 2.06. The van der Waals surface area contributed by atoms with Crippen LogP contribution in [0.2, 0.25) is 0 Å². The van der Waals surface area contributed by atoms with Gasteiger partial charge in [-0.2, -0.15) is 0 Å². The van der Waals surface area contributed by atoms with Crippen LogP contribution in [0.3, 0.4) is 0 Å². The van der Waals surface area contributed by atoms with E-state index >= 15 is 0 Å². The normalized spacial score (nSPS) is 10.7. The quantitative estimate of drug-likeness (QED) is 0.491. The van der Waals surface area contributed by atoms with E-state index in [1.807, 2.05) is 7.05 Å². The Labute approximate surface area is 93.2 Å². The van der Waals surface area contributed by atoms with Gasteiger partial charge in [-0.15, -0.1) is 0 Å². The van der Waals surface area contributed by atoms with Gasteiger partial charge in [0.25, 0.3) is 0 Å². The minimum Gasteiger partial charge on any atom is -0.356 e. The average molecular weight is 215 g/mol. The smallest absolute Gasteiger partial charge is 0.220 e. The molecule has 0 aromatic rings. The van der Waals surface area contributed by atoms with Gasteiger partial charge in [0.05, 0.1) is 0 Å². The standard InChI is InChI=1S/C11H25N3O/c1-10(2)13-8-4-6-11(15)14-9-5-7-12-3/h10,12-13H,4-9H2,1-3H3,(H,14,15). The molecule has 0 saturated carbocycles. The maximum Gasteiger partial charge on any atom is 0.220 e. The first kappa shape index (κ1) is 14.4. The Balaban J connectivity index is 3.19. The van der Waals surface area contributed by atoms with Crippen LogP contribution in [0.5, 0.6) is 0 Å². The van der Waals surface area contributed by atoms with Gasteiger partial charge in [-0.1, -0.05) is 13.8 Å². The Morgan fingerprint density at radius 2 is 1.87 bits per heavy atom. The van der Waals surface area contributed by atoms with Crippen LogP contribution in [0, 0.1) is 0 Å². The number of nitrogens with one attached hydrogen (secondary N) is 3. The minimum absolute atomic E-state index is 0.164. The van der Waals surface area contributed by atoms with E-state index in [-0.39, 0.29) is 5.91 Å². The zero-order valence-corrected chi connectivity index (χ0v) is 10.2. The summed E-state index contributed by atoms with van der Waals surface area (Å²) in [6.07, 6.45) is 2.53. The summed E-state index contributed by atoms with van der Waals surface area (Å²) in [7, 11) is 1.92. The fourth-order valence-electron chi connectivity index (χ4n) is 1.22. The molecule has 0 saturated heterocycles. The first-order valence-corrected chi connectivity index (χ1v) is 5.81. The molecule has 0 fully saturated rings. The van der Waals surface area contributed by atoms with E-state index in [9.17, 15) is 4.79 Å². The second kappa shape index (κ2) is 9.93. The molecular weight excluding hydrogens is 190 g/mol. The van der Waals surface area contributed by atoms with E-state index in [0.29, 0.717) is 12.5 Å². The van der Waals surface area contributed by atoms with Crippen molar-refractivity contribution in [2.45, 2.75) is 39.2 Å². The molecule has 4 heteroatoms. The summed E-state index contributed by atoms with van der Waals surface area (Å²) >= 11 is 0. The van der Waals surface area contributed by atoms with Gasteiger partial charge >= 0.3 is 0 Å². The highest BCUT2D eigenvalue weighted by atomic mass is 16.1. The predicted octanol–water partition coefficient (Wildman–Crippen LogP) is 0.490. The second-order valence-electron chi connectivity index (χ2n) is 4.02. The molecule has 0 aromatic carbocycles. The summed E-state index contributed by atoms with van der Waals surface area (Å²) < 4.78 is 0. The zero-order valence-electron chi connectivity index (χ0n) is 10.2. The van der Waals surface area contributed by atoms with Gasteiger partial charge in [0.15, 0.2) is 0 Å². The van der Waals surface area contributed by atoms with Crippen LogP contribution in [0.25, 0.3) is 0 Å². The van der Waals surface area contributed by atoms with Gasteiger partial charge < -0.3 is 16.0 Å². The van der Waals surface area contributed by atoms with E-state index in [0.717, 1.165) is 32.5 Å². The average Bonchev–Trinajstić information content (AvgIpc) is 2.19. The molecule has 0 aliphatic rings. The van der Waals surface area contributed by atoms with Crippen molar-refractivity contribution in [3.05, 3.63) is 0 Å². The first-order valence-electron chi connectivity index (χ1n) is 5.81. The molecular formula is C11H25N3O. The van der Waals surface area contributed by atoms with Crippen molar-refractivity contribution in [1.29, 1.82) is 0 Å². The molecule has 0 aliphatic heterocycles. The predicted molar refractivity (Wildman–Crippen MR) is 63.9 cm³/mol. The van der Waals surface area contributed by atoms with Crippen molar-refractivity contribution in [3.63, 3.8) is 0 Å². The van der Waals surface area contributed by atoms with Crippen molar-refractivity contribution in [1.82, 2.24) is 16.0 Å². The second-order valence-corrected chi connectivity index (χ2v) is 4.02. The van der Waals surface area contributed by atoms with Gasteiger partial charge in [-0.3, -0.25) is 4.79 Å². The number of carbonyl (C=O) groups excluding carboxylic acids is 1. The molecule has 3 N–H and O–H groups in total.